The highest BCUT2D eigenvalue weighted by Crippen LogP contribution is 2.41. The average molecular weight is 408 g/mol. The molecule has 1 fully saturated rings. The van der Waals surface area contributed by atoms with E-state index in [1.807, 2.05) is 30.3 Å². The van der Waals surface area contributed by atoms with Gasteiger partial charge in [-0.15, -0.1) is 0 Å². The van der Waals surface area contributed by atoms with Crippen molar-refractivity contribution in [2.45, 2.75) is 36.9 Å². The minimum Gasteiger partial charge on any atom is -0.355 e. The normalized spacial score (nSPS) is 15.8. The molecule has 0 spiro atoms. The fraction of sp³-hybridized carbons (Fsp3) is 0.381. The Kier molecular flexibility index (Phi) is 6.91. The maximum atomic E-state index is 12.9. The van der Waals surface area contributed by atoms with Crippen LogP contribution < -0.4 is 5.32 Å². The van der Waals surface area contributed by atoms with E-state index in [0.717, 1.165) is 48.3 Å². The summed E-state index contributed by atoms with van der Waals surface area (Å²) in [6.07, 6.45) is 4.12. The second kappa shape index (κ2) is 9.16. The molecule has 1 aliphatic carbocycles. The summed E-state index contributed by atoms with van der Waals surface area (Å²) in [6, 6.07) is 15.8. The molecule has 2 aromatic rings. The Balaban J connectivity index is 1.50. The summed E-state index contributed by atoms with van der Waals surface area (Å²) in [4.78, 5) is 12.9. The van der Waals surface area contributed by atoms with Gasteiger partial charge in [0.15, 0.2) is 0 Å². The van der Waals surface area contributed by atoms with Crippen molar-refractivity contribution in [2.24, 2.45) is 0 Å². The van der Waals surface area contributed by atoms with Crippen molar-refractivity contribution in [2.75, 3.05) is 12.3 Å². The van der Waals surface area contributed by atoms with Gasteiger partial charge in [0, 0.05) is 28.1 Å². The first-order valence-electron chi connectivity index (χ1n) is 8.97. The van der Waals surface area contributed by atoms with E-state index in [9.17, 15) is 4.79 Å². The summed E-state index contributed by atoms with van der Waals surface area (Å²) < 4.78 is 0. The molecule has 1 saturated carbocycles. The van der Waals surface area contributed by atoms with Crippen LogP contribution in [0.2, 0.25) is 10.0 Å². The first-order valence-corrected chi connectivity index (χ1v) is 10.9. The number of thioether (sulfide) groups is 1. The van der Waals surface area contributed by atoms with Gasteiger partial charge in [0.1, 0.15) is 0 Å². The number of carbonyl (C=O) groups excluding carboxylic acids is 1. The van der Waals surface area contributed by atoms with Crippen molar-refractivity contribution < 1.29 is 4.79 Å². The van der Waals surface area contributed by atoms with Gasteiger partial charge in [0.2, 0.25) is 5.91 Å². The fourth-order valence-corrected chi connectivity index (χ4v) is 5.03. The molecule has 0 atom stereocenters. The van der Waals surface area contributed by atoms with E-state index < -0.39 is 0 Å². The molecular formula is C21H23Cl2NOS. The Morgan fingerprint density at radius 1 is 1.08 bits per heavy atom. The second-order valence-electron chi connectivity index (χ2n) is 6.70. The van der Waals surface area contributed by atoms with Crippen molar-refractivity contribution >= 4 is 40.9 Å². The van der Waals surface area contributed by atoms with Crippen molar-refractivity contribution in [1.29, 1.82) is 0 Å². The molecular weight excluding hydrogens is 385 g/mol. The van der Waals surface area contributed by atoms with Crippen LogP contribution in [0.1, 0.15) is 36.8 Å². The second-order valence-corrected chi connectivity index (χ2v) is 8.65. The van der Waals surface area contributed by atoms with E-state index in [1.54, 1.807) is 17.8 Å². The van der Waals surface area contributed by atoms with E-state index in [0.29, 0.717) is 16.6 Å². The highest BCUT2D eigenvalue weighted by molar-refractivity contribution is 7.98. The molecule has 2 aromatic carbocycles. The molecule has 3 rings (SSSR count). The van der Waals surface area contributed by atoms with Crippen molar-refractivity contribution in [1.82, 2.24) is 5.32 Å². The highest BCUT2D eigenvalue weighted by Gasteiger charge is 2.42. The molecule has 0 aliphatic heterocycles. The zero-order chi connectivity index (χ0) is 18.4. The van der Waals surface area contributed by atoms with Gasteiger partial charge in [0.05, 0.1) is 5.41 Å². The Morgan fingerprint density at radius 2 is 1.81 bits per heavy atom. The number of amides is 1. The summed E-state index contributed by atoms with van der Waals surface area (Å²) in [5.74, 6) is 1.84. The first-order chi connectivity index (χ1) is 12.6. The number of nitrogens with one attached hydrogen (secondary N) is 1. The third-order valence-corrected chi connectivity index (χ3v) is 6.62. The minimum absolute atomic E-state index is 0.173. The molecule has 138 valence electrons. The van der Waals surface area contributed by atoms with Crippen LogP contribution in [-0.2, 0) is 16.0 Å². The fourth-order valence-electron chi connectivity index (χ4n) is 3.61. The van der Waals surface area contributed by atoms with Gasteiger partial charge >= 0.3 is 0 Å². The van der Waals surface area contributed by atoms with Gasteiger partial charge in [-0.05, 0) is 36.1 Å². The Morgan fingerprint density at radius 3 is 2.50 bits per heavy atom. The molecule has 5 heteroatoms. The number of benzene rings is 2. The maximum Gasteiger partial charge on any atom is 0.230 e. The molecule has 0 heterocycles. The minimum atomic E-state index is -0.342. The molecule has 2 nitrogen and oxygen atoms in total. The van der Waals surface area contributed by atoms with Crippen LogP contribution in [0.3, 0.4) is 0 Å². The molecule has 0 unspecified atom stereocenters. The van der Waals surface area contributed by atoms with Gasteiger partial charge < -0.3 is 5.32 Å². The first kappa shape index (κ1) is 19.6. The molecule has 0 radical (unpaired) electrons. The molecule has 0 aromatic heterocycles. The van der Waals surface area contributed by atoms with Crippen LogP contribution in [-0.4, -0.2) is 18.2 Å². The van der Waals surface area contributed by atoms with Gasteiger partial charge in [-0.1, -0.05) is 72.4 Å². The summed E-state index contributed by atoms with van der Waals surface area (Å²) >= 11 is 13.9. The topological polar surface area (TPSA) is 29.1 Å². The number of halogens is 2. The predicted octanol–water partition coefficient (Wildman–Crippen LogP) is 5.85. The van der Waals surface area contributed by atoms with Gasteiger partial charge in [-0.2, -0.15) is 11.8 Å². The van der Waals surface area contributed by atoms with Crippen molar-refractivity contribution in [3.63, 3.8) is 0 Å². The van der Waals surface area contributed by atoms with E-state index in [-0.39, 0.29) is 11.3 Å². The molecule has 0 bridgehead atoms. The van der Waals surface area contributed by atoms with Crippen molar-refractivity contribution in [3.05, 3.63) is 69.7 Å². The summed E-state index contributed by atoms with van der Waals surface area (Å²) in [6.45, 7) is 0.670. The lowest BCUT2D eigenvalue weighted by Crippen LogP contribution is -2.43. The van der Waals surface area contributed by atoms with Crippen LogP contribution in [0.4, 0.5) is 0 Å². The highest BCUT2D eigenvalue weighted by atomic mass is 35.5. The molecule has 1 amide bonds. The van der Waals surface area contributed by atoms with Crippen LogP contribution in [0.15, 0.2) is 48.5 Å². The molecule has 1 aliphatic rings. The zero-order valence-corrected chi connectivity index (χ0v) is 17.0. The van der Waals surface area contributed by atoms with Crippen LogP contribution >= 0.6 is 35.0 Å². The molecule has 0 saturated heterocycles. The van der Waals surface area contributed by atoms with E-state index in [2.05, 4.69) is 17.4 Å². The van der Waals surface area contributed by atoms with Gasteiger partial charge in [0.25, 0.3) is 0 Å². The van der Waals surface area contributed by atoms with Crippen molar-refractivity contribution in [3.8, 4) is 0 Å². The Hall–Kier alpha value is -1.16. The lowest BCUT2D eigenvalue weighted by atomic mass is 9.78. The SMILES string of the molecule is O=C(NCCSCc1ccc(Cl)cc1Cl)C1(c2ccccc2)CCCC1. The lowest BCUT2D eigenvalue weighted by Gasteiger charge is -2.28. The average Bonchev–Trinajstić information content (AvgIpc) is 3.15. The van der Waals surface area contributed by atoms with Gasteiger partial charge in [-0.3, -0.25) is 4.79 Å². The van der Waals surface area contributed by atoms with E-state index >= 15 is 0 Å². The zero-order valence-electron chi connectivity index (χ0n) is 14.6. The summed E-state index contributed by atoms with van der Waals surface area (Å²) in [7, 11) is 0. The standard InChI is InChI=1S/C21H23Cl2NOS/c22-18-9-8-16(19(23)14-18)15-26-13-12-24-20(25)21(10-4-5-11-21)17-6-2-1-3-7-17/h1-3,6-9,14H,4-5,10-13,15H2,(H,24,25). The van der Waals surface area contributed by atoms with Gasteiger partial charge in [-0.25, -0.2) is 0 Å². The lowest BCUT2D eigenvalue weighted by molar-refractivity contribution is -0.126. The predicted molar refractivity (Wildman–Crippen MR) is 112 cm³/mol. The Bertz CT molecular complexity index is 745. The number of rotatable bonds is 7. The molecule has 1 N–H and O–H groups in total. The number of carbonyl (C=O) groups is 1. The smallest absolute Gasteiger partial charge is 0.230 e. The number of hydrogen-bond donors (Lipinski definition) is 1. The molecule has 26 heavy (non-hydrogen) atoms. The summed E-state index contributed by atoms with van der Waals surface area (Å²) in [5.41, 5.74) is 1.88. The monoisotopic (exact) mass is 407 g/mol. The van der Waals surface area contributed by atoms with E-state index in [1.165, 1.54) is 0 Å². The number of hydrogen-bond acceptors (Lipinski definition) is 2. The van der Waals surface area contributed by atoms with E-state index in [4.69, 9.17) is 23.2 Å². The Labute approximate surface area is 169 Å². The third-order valence-electron chi connectivity index (χ3n) is 5.02. The summed E-state index contributed by atoms with van der Waals surface area (Å²) in [5, 5.41) is 4.51. The van der Waals surface area contributed by atoms with Crippen LogP contribution in [0.25, 0.3) is 0 Å². The maximum absolute atomic E-state index is 12.9. The quantitative estimate of drug-likeness (QED) is 0.582. The largest absolute Gasteiger partial charge is 0.355 e. The van der Waals surface area contributed by atoms with Crippen LogP contribution in [0.5, 0.6) is 0 Å². The third kappa shape index (κ3) is 4.57. The van der Waals surface area contributed by atoms with Crippen LogP contribution in [0, 0.1) is 0 Å².